The summed E-state index contributed by atoms with van der Waals surface area (Å²) in [5, 5.41) is 9.75. The molecule has 31 heavy (non-hydrogen) atoms. The highest BCUT2D eigenvalue weighted by atomic mass is 16.5. The third-order valence-electron chi connectivity index (χ3n) is 4.87. The summed E-state index contributed by atoms with van der Waals surface area (Å²) in [6, 6.07) is 15.6. The highest BCUT2D eigenvalue weighted by Gasteiger charge is 2.25. The number of aryl methyl sites for hydroxylation is 1. The zero-order chi connectivity index (χ0) is 21.8. The van der Waals surface area contributed by atoms with Gasteiger partial charge in [-0.2, -0.15) is 5.10 Å². The van der Waals surface area contributed by atoms with Crippen LogP contribution >= 0.6 is 0 Å². The van der Waals surface area contributed by atoms with Crippen molar-refractivity contribution in [3.8, 4) is 5.69 Å². The second-order valence-electron chi connectivity index (χ2n) is 7.35. The van der Waals surface area contributed by atoms with E-state index in [0.717, 1.165) is 24.2 Å². The lowest BCUT2D eigenvalue weighted by Crippen LogP contribution is -2.28. The lowest BCUT2D eigenvalue weighted by atomic mass is 10.1. The van der Waals surface area contributed by atoms with Crippen LogP contribution in [0.5, 0.6) is 0 Å². The number of nitrogens with zero attached hydrogens (tertiary/aromatic N) is 2. The fourth-order valence-corrected chi connectivity index (χ4v) is 3.06. The monoisotopic (exact) mass is 418 g/mol. The van der Waals surface area contributed by atoms with Gasteiger partial charge in [0.25, 0.3) is 11.8 Å². The maximum Gasteiger partial charge on any atom is 0.338 e. The van der Waals surface area contributed by atoms with Crippen LogP contribution in [0.2, 0.25) is 0 Å². The highest BCUT2D eigenvalue weighted by molar-refractivity contribution is 6.04. The molecule has 1 aliphatic rings. The molecule has 1 aromatic heterocycles. The Kier molecular flexibility index (Phi) is 5.79. The summed E-state index contributed by atoms with van der Waals surface area (Å²) in [5.41, 5.74) is 2.86. The topological polar surface area (TPSA) is 102 Å². The molecule has 1 fully saturated rings. The maximum absolute atomic E-state index is 12.3. The number of nitrogens with one attached hydrogen (secondary N) is 2. The van der Waals surface area contributed by atoms with E-state index < -0.39 is 18.5 Å². The van der Waals surface area contributed by atoms with E-state index in [2.05, 4.69) is 15.7 Å². The molecule has 0 aliphatic heterocycles. The van der Waals surface area contributed by atoms with Crippen molar-refractivity contribution in [3.63, 3.8) is 0 Å². The standard InChI is InChI=1S/C23H22N4O4/c1-15-12-13-24-27(15)18-10-6-16(7-11-18)23(30)31-14-21(28)26-20-5-3-2-4-19(20)22(29)25-17-8-9-17/h2-7,10-13,17H,8-9,14H2,1H3,(H,25,29)(H,26,28). The average molecular weight is 418 g/mol. The van der Waals surface area contributed by atoms with E-state index in [9.17, 15) is 14.4 Å². The number of ether oxygens (including phenoxy) is 1. The van der Waals surface area contributed by atoms with Crippen molar-refractivity contribution in [2.24, 2.45) is 0 Å². The summed E-state index contributed by atoms with van der Waals surface area (Å²) in [5.74, 6) is -1.37. The number of para-hydroxylation sites is 1. The van der Waals surface area contributed by atoms with E-state index in [0.29, 0.717) is 16.8 Å². The molecule has 3 aromatic rings. The summed E-state index contributed by atoms with van der Waals surface area (Å²) < 4.78 is 6.87. The third kappa shape index (κ3) is 4.98. The zero-order valence-corrected chi connectivity index (χ0v) is 17.0. The van der Waals surface area contributed by atoms with E-state index >= 15 is 0 Å². The first-order valence-corrected chi connectivity index (χ1v) is 9.99. The van der Waals surface area contributed by atoms with Crippen molar-refractivity contribution < 1.29 is 19.1 Å². The predicted molar refractivity (Wildman–Crippen MR) is 114 cm³/mol. The summed E-state index contributed by atoms with van der Waals surface area (Å²) in [6.45, 7) is 1.47. The SMILES string of the molecule is Cc1ccnn1-c1ccc(C(=O)OCC(=O)Nc2ccccc2C(=O)NC2CC2)cc1. The summed E-state index contributed by atoms with van der Waals surface area (Å²) in [4.78, 5) is 36.9. The molecule has 0 atom stereocenters. The van der Waals surface area contributed by atoms with Crippen LogP contribution in [0.1, 0.15) is 39.3 Å². The molecule has 2 N–H and O–H groups in total. The van der Waals surface area contributed by atoms with Crippen LogP contribution in [0.4, 0.5) is 5.69 Å². The second kappa shape index (κ2) is 8.83. The minimum Gasteiger partial charge on any atom is -0.452 e. The van der Waals surface area contributed by atoms with E-state index in [4.69, 9.17) is 4.74 Å². The van der Waals surface area contributed by atoms with Crippen molar-refractivity contribution >= 4 is 23.5 Å². The Hall–Kier alpha value is -3.94. The number of carbonyl (C=O) groups is 3. The van der Waals surface area contributed by atoms with Crippen molar-refractivity contribution in [2.75, 3.05) is 11.9 Å². The molecule has 0 radical (unpaired) electrons. The molecule has 0 spiro atoms. The lowest BCUT2D eigenvalue weighted by Gasteiger charge is -2.11. The number of carbonyl (C=O) groups excluding carboxylic acids is 3. The molecular weight excluding hydrogens is 396 g/mol. The minimum atomic E-state index is -0.612. The van der Waals surface area contributed by atoms with Gasteiger partial charge in [0.1, 0.15) is 0 Å². The summed E-state index contributed by atoms with van der Waals surface area (Å²) in [7, 11) is 0. The number of rotatable bonds is 7. The van der Waals surface area contributed by atoms with Gasteiger partial charge in [-0.05, 0) is 62.2 Å². The molecular formula is C23H22N4O4. The largest absolute Gasteiger partial charge is 0.452 e. The zero-order valence-electron chi connectivity index (χ0n) is 17.0. The van der Waals surface area contributed by atoms with Crippen LogP contribution in [0.3, 0.4) is 0 Å². The van der Waals surface area contributed by atoms with Crippen LogP contribution in [-0.2, 0) is 9.53 Å². The Morgan fingerprint density at radius 2 is 1.81 bits per heavy atom. The summed E-state index contributed by atoms with van der Waals surface area (Å²) in [6.07, 6.45) is 3.64. The van der Waals surface area contributed by atoms with Crippen molar-refractivity contribution in [1.82, 2.24) is 15.1 Å². The van der Waals surface area contributed by atoms with E-state index in [-0.39, 0.29) is 11.9 Å². The first-order chi connectivity index (χ1) is 15.0. The number of hydrogen-bond acceptors (Lipinski definition) is 5. The van der Waals surface area contributed by atoms with Gasteiger partial charge < -0.3 is 15.4 Å². The van der Waals surface area contributed by atoms with Gasteiger partial charge in [-0.25, -0.2) is 9.48 Å². The van der Waals surface area contributed by atoms with Crippen LogP contribution in [0, 0.1) is 6.92 Å². The van der Waals surface area contributed by atoms with Crippen LogP contribution < -0.4 is 10.6 Å². The molecule has 0 saturated heterocycles. The summed E-state index contributed by atoms with van der Waals surface area (Å²) >= 11 is 0. The Bertz CT molecular complexity index is 1120. The van der Waals surface area contributed by atoms with Crippen molar-refractivity contribution in [1.29, 1.82) is 0 Å². The Balaban J connectivity index is 1.33. The molecule has 0 unspecified atom stereocenters. The molecule has 4 rings (SSSR count). The fourth-order valence-electron chi connectivity index (χ4n) is 3.06. The molecule has 8 heteroatoms. The highest BCUT2D eigenvalue weighted by Crippen LogP contribution is 2.21. The smallest absolute Gasteiger partial charge is 0.338 e. The van der Waals surface area contributed by atoms with Crippen LogP contribution in [-0.4, -0.2) is 40.2 Å². The van der Waals surface area contributed by atoms with Crippen molar-refractivity contribution in [3.05, 3.63) is 77.6 Å². The number of hydrogen-bond donors (Lipinski definition) is 2. The van der Waals surface area contributed by atoms with Gasteiger partial charge in [-0.3, -0.25) is 9.59 Å². The Morgan fingerprint density at radius 3 is 2.48 bits per heavy atom. The fraction of sp³-hybridized carbons (Fsp3) is 0.217. The van der Waals surface area contributed by atoms with Crippen molar-refractivity contribution in [2.45, 2.75) is 25.8 Å². The number of benzene rings is 2. The first-order valence-electron chi connectivity index (χ1n) is 9.99. The second-order valence-corrected chi connectivity index (χ2v) is 7.35. The normalized spacial score (nSPS) is 12.8. The van der Waals surface area contributed by atoms with Gasteiger partial charge in [0.2, 0.25) is 0 Å². The quantitative estimate of drug-likeness (QED) is 0.575. The predicted octanol–water partition coefficient (Wildman–Crippen LogP) is 2.87. The molecule has 0 bridgehead atoms. The molecule has 2 aromatic carbocycles. The van der Waals surface area contributed by atoms with Crippen LogP contribution in [0.15, 0.2) is 60.8 Å². The minimum absolute atomic E-state index is 0.209. The number of esters is 1. The number of amides is 2. The molecule has 158 valence electrons. The average Bonchev–Trinajstić information content (AvgIpc) is 3.49. The Labute approximate surface area is 179 Å². The Morgan fingerprint density at radius 1 is 1.06 bits per heavy atom. The number of aromatic nitrogens is 2. The van der Waals surface area contributed by atoms with E-state index in [1.54, 1.807) is 59.4 Å². The van der Waals surface area contributed by atoms with Gasteiger partial charge >= 0.3 is 5.97 Å². The van der Waals surface area contributed by atoms with E-state index in [1.807, 2.05) is 13.0 Å². The van der Waals surface area contributed by atoms with Gasteiger partial charge in [-0.1, -0.05) is 12.1 Å². The van der Waals surface area contributed by atoms with Crippen LogP contribution in [0.25, 0.3) is 5.69 Å². The number of anilines is 1. The molecule has 2 amide bonds. The molecule has 1 heterocycles. The maximum atomic E-state index is 12.3. The lowest BCUT2D eigenvalue weighted by molar-refractivity contribution is -0.119. The van der Waals surface area contributed by atoms with Gasteiger partial charge in [-0.15, -0.1) is 0 Å². The van der Waals surface area contributed by atoms with Gasteiger partial charge in [0, 0.05) is 17.9 Å². The molecule has 1 saturated carbocycles. The molecule has 8 nitrogen and oxygen atoms in total. The third-order valence-corrected chi connectivity index (χ3v) is 4.87. The first kappa shape index (κ1) is 20.3. The van der Waals surface area contributed by atoms with Gasteiger partial charge in [0.15, 0.2) is 6.61 Å². The van der Waals surface area contributed by atoms with E-state index in [1.165, 1.54) is 0 Å². The van der Waals surface area contributed by atoms with Gasteiger partial charge in [0.05, 0.1) is 22.5 Å². The molecule has 1 aliphatic carbocycles.